The van der Waals surface area contributed by atoms with Gasteiger partial charge in [0.05, 0.1) is 28.2 Å². The Labute approximate surface area is 250 Å². The Morgan fingerprint density at radius 1 is 1.17 bits per heavy atom. The van der Waals surface area contributed by atoms with E-state index in [1.807, 2.05) is 57.5 Å². The first kappa shape index (κ1) is 29.9. The number of carbonyl (C=O) groups excluding carboxylic acids is 3. The number of amides is 2. The average molecular weight is 594 g/mol. The van der Waals surface area contributed by atoms with Crippen LogP contribution in [-0.2, 0) is 14.4 Å². The molecule has 0 bridgehead atoms. The lowest BCUT2D eigenvalue weighted by molar-refractivity contribution is -0.141. The van der Waals surface area contributed by atoms with Gasteiger partial charge in [-0.15, -0.1) is 11.3 Å². The Morgan fingerprint density at radius 3 is 2.50 bits per heavy atom. The van der Waals surface area contributed by atoms with Crippen LogP contribution < -0.4 is 10.2 Å². The van der Waals surface area contributed by atoms with Crippen molar-refractivity contribution >= 4 is 35.3 Å². The lowest BCUT2D eigenvalue weighted by atomic mass is 9.91. The Kier molecular flexibility index (Phi) is 9.08. The Balaban J connectivity index is 1.27. The highest BCUT2D eigenvalue weighted by Gasteiger charge is 2.43. The summed E-state index contributed by atoms with van der Waals surface area (Å²) in [4.78, 5) is 47.5. The van der Waals surface area contributed by atoms with E-state index >= 15 is 0 Å². The number of benzene rings is 1. The maximum atomic E-state index is 13.9. The molecule has 4 heterocycles. The van der Waals surface area contributed by atoms with Gasteiger partial charge in [0.1, 0.15) is 18.2 Å². The van der Waals surface area contributed by atoms with Gasteiger partial charge < -0.3 is 29.5 Å². The highest BCUT2D eigenvalue weighted by atomic mass is 32.1. The number of anilines is 1. The van der Waals surface area contributed by atoms with Crippen LogP contribution in [0.25, 0.3) is 10.4 Å². The fraction of sp³-hybridized carbons (Fsp3) is 0.516. The van der Waals surface area contributed by atoms with Crippen molar-refractivity contribution in [1.29, 1.82) is 0 Å². The first-order chi connectivity index (χ1) is 20.2. The first-order valence-corrected chi connectivity index (χ1v) is 15.5. The predicted octanol–water partition coefficient (Wildman–Crippen LogP) is 4.10. The number of aldehydes is 1. The van der Waals surface area contributed by atoms with Crippen molar-refractivity contribution < 1.29 is 24.0 Å². The van der Waals surface area contributed by atoms with Gasteiger partial charge in [-0.2, -0.15) is 0 Å². The molecule has 2 saturated heterocycles. The standard InChI is InChI=1S/C31H39N5O5S/c1-18(2)28(26-14-27(34-41-26)35-11-9-21(16-37)10-12-35)31(40)36-15-24(38)13-25(36)30(39)33-19(3)22-5-7-23(8-6-22)29-20(4)32-17-42-29/h5-8,14,16-19,21,24-25,28,38H,9-13,15H2,1-4H3,(H,33,39)/t19-,24+,25-,28?/m0/s1. The van der Waals surface area contributed by atoms with Crippen molar-refractivity contribution in [3.05, 3.63) is 52.9 Å². The number of aliphatic hydroxyl groups is 1. The molecule has 2 aliphatic rings. The smallest absolute Gasteiger partial charge is 0.243 e. The monoisotopic (exact) mass is 593 g/mol. The molecule has 3 aromatic rings. The minimum Gasteiger partial charge on any atom is -0.391 e. The van der Waals surface area contributed by atoms with Crippen LogP contribution in [-0.4, -0.2) is 70.0 Å². The highest BCUT2D eigenvalue weighted by Crippen LogP contribution is 2.34. The lowest BCUT2D eigenvalue weighted by Crippen LogP contribution is -2.48. The molecule has 0 aliphatic carbocycles. The number of nitrogens with one attached hydrogen (secondary N) is 1. The zero-order valence-corrected chi connectivity index (χ0v) is 25.3. The highest BCUT2D eigenvalue weighted by molar-refractivity contribution is 7.13. The largest absolute Gasteiger partial charge is 0.391 e. The summed E-state index contributed by atoms with van der Waals surface area (Å²) in [5.41, 5.74) is 4.83. The maximum absolute atomic E-state index is 13.9. The van der Waals surface area contributed by atoms with Crippen molar-refractivity contribution in [3.8, 4) is 10.4 Å². The van der Waals surface area contributed by atoms with Crippen LogP contribution in [0.4, 0.5) is 5.82 Å². The number of aromatic nitrogens is 2. The van der Waals surface area contributed by atoms with Gasteiger partial charge in [0.15, 0.2) is 11.6 Å². The van der Waals surface area contributed by atoms with Gasteiger partial charge in [0.2, 0.25) is 11.8 Å². The molecule has 1 aromatic carbocycles. The molecular formula is C31H39N5O5S. The second kappa shape index (κ2) is 12.7. The van der Waals surface area contributed by atoms with Crippen molar-refractivity contribution in [2.75, 3.05) is 24.5 Å². The second-order valence-electron chi connectivity index (χ2n) is 11.8. The number of piperidine rings is 1. The fourth-order valence-corrected chi connectivity index (χ4v) is 6.77. The summed E-state index contributed by atoms with van der Waals surface area (Å²) in [6.07, 6.45) is 1.91. The van der Waals surface area contributed by atoms with E-state index in [9.17, 15) is 19.5 Å². The summed E-state index contributed by atoms with van der Waals surface area (Å²) >= 11 is 1.59. The molecule has 2 aromatic heterocycles. The number of rotatable bonds is 9. The maximum Gasteiger partial charge on any atom is 0.243 e. The summed E-state index contributed by atoms with van der Waals surface area (Å²) in [6, 6.07) is 8.75. The number of aryl methyl sites for hydroxylation is 1. The first-order valence-electron chi connectivity index (χ1n) is 14.6. The van der Waals surface area contributed by atoms with E-state index in [0.29, 0.717) is 24.7 Å². The van der Waals surface area contributed by atoms with Crippen LogP contribution in [0.2, 0.25) is 0 Å². The molecule has 2 amide bonds. The van der Waals surface area contributed by atoms with Gasteiger partial charge >= 0.3 is 0 Å². The number of thiazole rings is 1. The van der Waals surface area contributed by atoms with Gasteiger partial charge in [0.25, 0.3) is 0 Å². The van der Waals surface area contributed by atoms with E-state index in [1.54, 1.807) is 17.4 Å². The van der Waals surface area contributed by atoms with Crippen molar-refractivity contribution in [2.24, 2.45) is 11.8 Å². The quantitative estimate of drug-likeness (QED) is 0.355. The van der Waals surface area contributed by atoms with Crippen LogP contribution in [0.3, 0.4) is 0 Å². The second-order valence-corrected chi connectivity index (χ2v) is 12.6. The van der Waals surface area contributed by atoms with Gasteiger partial charge in [-0.3, -0.25) is 9.59 Å². The van der Waals surface area contributed by atoms with E-state index in [4.69, 9.17) is 4.52 Å². The summed E-state index contributed by atoms with van der Waals surface area (Å²) in [5, 5.41) is 17.8. The zero-order valence-electron chi connectivity index (χ0n) is 24.5. The number of carbonyl (C=O) groups is 3. The number of aliphatic hydroxyl groups excluding tert-OH is 1. The molecule has 10 nitrogen and oxygen atoms in total. The third-order valence-corrected chi connectivity index (χ3v) is 9.43. The molecule has 2 N–H and O–H groups in total. The topological polar surface area (TPSA) is 129 Å². The van der Waals surface area contributed by atoms with Gasteiger partial charge in [-0.05, 0) is 43.7 Å². The third-order valence-electron chi connectivity index (χ3n) is 8.45. The minimum absolute atomic E-state index is 0.0670. The Morgan fingerprint density at radius 2 is 1.88 bits per heavy atom. The molecule has 0 radical (unpaired) electrons. The number of β-amino-alcohol motifs (C(OH)–C–C–N with tert-alkyl or cyclic N) is 1. The van der Waals surface area contributed by atoms with E-state index < -0.39 is 18.1 Å². The van der Waals surface area contributed by atoms with Crippen molar-refractivity contribution in [1.82, 2.24) is 20.4 Å². The van der Waals surface area contributed by atoms with Crippen LogP contribution in [0.15, 0.2) is 40.4 Å². The number of likely N-dealkylation sites (tertiary alicyclic amines) is 1. The molecule has 42 heavy (non-hydrogen) atoms. The molecule has 0 saturated carbocycles. The lowest BCUT2D eigenvalue weighted by Gasteiger charge is -2.30. The van der Waals surface area contributed by atoms with Gasteiger partial charge in [-0.25, -0.2) is 4.98 Å². The van der Waals surface area contributed by atoms with Gasteiger partial charge in [-0.1, -0.05) is 43.3 Å². The predicted molar refractivity (Wildman–Crippen MR) is 160 cm³/mol. The van der Waals surface area contributed by atoms with Crippen LogP contribution in [0.5, 0.6) is 0 Å². The normalized spacial score (nSPS) is 21.0. The fourth-order valence-electron chi connectivity index (χ4n) is 5.95. The van der Waals surface area contributed by atoms with E-state index in [2.05, 4.69) is 20.4 Å². The minimum atomic E-state index is -0.792. The molecule has 2 fully saturated rings. The molecule has 2 aliphatic heterocycles. The van der Waals surface area contributed by atoms with E-state index in [0.717, 1.165) is 40.8 Å². The summed E-state index contributed by atoms with van der Waals surface area (Å²) < 4.78 is 5.69. The number of hydrogen-bond acceptors (Lipinski definition) is 9. The average Bonchev–Trinajstić information content (AvgIpc) is 3.73. The molecule has 1 unspecified atom stereocenters. The third kappa shape index (κ3) is 6.27. The van der Waals surface area contributed by atoms with Gasteiger partial charge in [0, 0.05) is 38.0 Å². The zero-order chi connectivity index (χ0) is 30.0. The number of hydrogen-bond donors (Lipinski definition) is 2. The van der Waals surface area contributed by atoms with Crippen LogP contribution in [0, 0.1) is 18.8 Å². The van der Waals surface area contributed by atoms with Crippen molar-refractivity contribution in [2.45, 2.75) is 71.1 Å². The van der Waals surface area contributed by atoms with Crippen LogP contribution >= 0.6 is 11.3 Å². The SMILES string of the molecule is Cc1ncsc1-c1ccc([C@H](C)NC(=O)[C@@H]2C[C@@H](O)CN2C(=O)C(c2cc(N3CCC(C=O)CC3)no2)C(C)C)cc1. The molecule has 224 valence electrons. The molecule has 5 rings (SSSR count). The number of nitrogens with zero attached hydrogens (tertiary/aromatic N) is 4. The summed E-state index contributed by atoms with van der Waals surface area (Å²) in [5.74, 6) is -0.187. The van der Waals surface area contributed by atoms with Crippen molar-refractivity contribution in [3.63, 3.8) is 0 Å². The van der Waals surface area contributed by atoms with Crippen LogP contribution in [0.1, 0.15) is 69.0 Å². The summed E-state index contributed by atoms with van der Waals surface area (Å²) in [6.45, 7) is 9.23. The Hall–Kier alpha value is -3.57. The molecular weight excluding hydrogens is 554 g/mol. The molecule has 0 spiro atoms. The molecule has 4 atom stereocenters. The van der Waals surface area contributed by atoms with E-state index in [-0.39, 0.29) is 42.7 Å². The summed E-state index contributed by atoms with van der Waals surface area (Å²) in [7, 11) is 0. The molecule has 11 heteroatoms. The Bertz CT molecular complexity index is 1390. The van der Waals surface area contributed by atoms with E-state index in [1.165, 1.54) is 4.90 Å².